The van der Waals surface area contributed by atoms with E-state index in [2.05, 4.69) is 6.07 Å². The molecule has 1 aliphatic rings. The molecule has 0 spiro atoms. The van der Waals surface area contributed by atoms with Crippen molar-refractivity contribution in [1.82, 2.24) is 0 Å². The van der Waals surface area contributed by atoms with Crippen LogP contribution < -0.4 is 19.9 Å². The first kappa shape index (κ1) is 20.6. The zero-order valence-corrected chi connectivity index (χ0v) is 17.9. The van der Waals surface area contributed by atoms with Crippen LogP contribution in [0.4, 0.5) is 0 Å². The number of benzene rings is 3. The summed E-state index contributed by atoms with van der Waals surface area (Å²) in [7, 11) is 3.31. The molecule has 0 fully saturated rings. The van der Waals surface area contributed by atoms with Crippen LogP contribution >= 0.6 is 0 Å². The van der Waals surface area contributed by atoms with Crippen molar-refractivity contribution in [2.24, 2.45) is 10.7 Å². The molecule has 3 aromatic rings. The second kappa shape index (κ2) is 8.60. The summed E-state index contributed by atoms with van der Waals surface area (Å²) >= 11 is 0. The standard InChI is InChI=1S/C25H26N2O4/c1-17-12-20(10-11-23(17)29-3)25(16-31-24(26)27-25)19-7-5-9-22(14-19)30-15-18-6-4-8-21(13-18)28-2/h4-14H,15-16H2,1-3H3,(H2,26,27)/t25-/m1/s1. The monoisotopic (exact) mass is 418 g/mol. The summed E-state index contributed by atoms with van der Waals surface area (Å²) < 4.78 is 22.4. The molecule has 0 saturated heterocycles. The molecule has 1 aliphatic heterocycles. The smallest absolute Gasteiger partial charge is 0.283 e. The van der Waals surface area contributed by atoms with Gasteiger partial charge in [0, 0.05) is 0 Å². The summed E-state index contributed by atoms with van der Waals surface area (Å²) in [6.07, 6.45) is 0. The molecule has 0 aromatic heterocycles. The SMILES string of the molecule is COc1cccc(COc2cccc([C@@]3(c4ccc(OC)c(C)c4)COC(N)=N3)c2)c1. The van der Waals surface area contributed by atoms with Crippen LogP contribution in [-0.2, 0) is 16.9 Å². The Morgan fingerprint density at radius 3 is 2.42 bits per heavy atom. The molecule has 1 heterocycles. The minimum absolute atomic E-state index is 0.177. The van der Waals surface area contributed by atoms with Gasteiger partial charge in [0.25, 0.3) is 6.02 Å². The first-order chi connectivity index (χ1) is 15.0. The molecule has 0 radical (unpaired) electrons. The van der Waals surface area contributed by atoms with Crippen molar-refractivity contribution in [3.63, 3.8) is 0 Å². The predicted molar refractivity (Wildman–Crippen MR) is 120 cm³/mol. The summed E-state index contributed by atoms with van der Waals surface area (Å²) in [4.78, 5) is 4.70. The number of amidine groups is 1. The van der Waals surface area contributed by atoms with E-state index in [4.69, 9.17) is 29.7 Å². The molecule has 0 amide bonds. The Kier molecular flexibility index (Phi) is 5.71. The molecule has 0 unspecified atom stereocenters. The van der Waals surface area contributed by atoms with E-state index in [-0.39, 0.29) is 6.02 Å². The molecule has 2 N–H and O–H groups in total. The van der Waals surface area contributed by atoms with E-state index in [9.17, 15) is 0 Å². The highest BCUT2D eigenvalue weighted by Crippen LogP contribution is 2.40. The van der Waals surface area contributed by atoms with E-state index >= 15 is 0 Å². The number of nitrogens with two attached hydrogens (primary N) is 1. The molecule has 31 heavy (non-hydrogen) atoms. The Balaban J connectivity index is 1.65. The van der Waals surface area contributed by atoms with Crippen molar-refractivity contribution in [1.29, 1.82) is 0 Å². The van der Waals surface area contributed by atoms with Gasteiger partial charge in [-0.25, -0.2) is 4.99 Å². The number of aliphatic imine (C=N–C) groups is 1. The van der Waals surface area contributed by atoms with Crippen LogP contribution in [0.25, 0.3) is 0 Å². The van der Waals surface area contributed by atoms with Crippen LogP contribution in [0.1, 0.15) is 22.3 Å². The van der Waals surface area contributed by atoms with Gasteiger partial charge >= 0.3 is 0 Å². The second-order valence-electron chi connectivity index (χ2n) is 7.45. The van der Waals surface area contributed by atoms with Crippen molar-refractivity contribution in [3.8, 4) is 17.2 Å². The van der Waals surface area contributed by atoms with Gasteiger partial charge in [-0.1, -0.05) is 30.3 Å². The van der Waals surface area contributed by atoms with E-state index in [1.54, 1.807) is 14.2 Å². The third-order valence-electron chi connectivity index (χ3n) is 5.45. The average Bonchev–Trinajstić information content (AvgIpc) is 3.21. The molecular formula is C25H26N2O4. The number of nitrogens with zero attached hydrogens (tertiary/aromatic N) is 1. The first-order valence-electron chi connectivity index (χ1n) is 10.0. The lowest BCUT2D eigenvalue weighted by molar-refractivity contribution is 0.276. The number of methoxy groups -OCH3 is 2. The normalized spacial score (nSPS) is 17.6. The topological polar surface area (TPSA) is 75.3 Å². The van der Waals surface area contributed by atoms with E-state index in [1.807, 2.05) is 67.6 Å². The first-order valence-corrected chi connectivity index (χ1v) is 10.0. The molecule has 3 aromatic carbocycles. The van der Waals surface area contributed by atoms with Crippen LogP contribution in [0.2, 0.25) is 0 Å². The van der Waals surface area contributed by atoms with Crippen molar-refractivity contribution in [3.05, 3.63) is 89.0 Å². The molecular weight excluding hydrogens is 392 g/mol. The number of hydrogen-bond donors (Lipinski definition) is 1. The summed E-state index contributed by atoms with van der Waals surface area (Å²) in [5.41, 5.74) is 9.17. The van der Waals surface area contributed by atoms with Gasteiger partial charge in [-0.2, -0.15) is 0 Å². The lowest BCUT2D eigenvalue weighted by Gasteiger charge is -2.26. The van der Waals surface area contributed by atoms with Crippen molar-refractivity contribution in [2.45, 2.75) is 19.1 Å². The van der Waals surface area contributed by atoms with Crippen molar-refractivity contribution >= 4 is 6.02 Å². The molecule has 160 valence electrons. The molecule has 6 nitrogen and oxygen atoms in total. The number of rotatable bonds is 7. The zero-order valence-electron chi connectivity index (χ0n) is 17.9. The van der Waals surface area contributed by atoms with Gasteiger partial charge in [-0.3, -0.25) is 0 Å². The maximum atomic E-state index is 6.06. The predicted octanol–water partition coefficient (Wildman–Crippen LogP) is 4.18. The number of hydrogen-bond acceptors (Lipinski definition) is 6. The number of aryl methyl sites for hydroxylation is 1. The van der Waals surface area contributed by atoms with Gasteiger partial charge in [0.1, 0.15) is 30.5 Å². The summed E-state index contributed by atoms with van der Waals surface area (Å²) in [5.74, 6) is 2.37. The molecule has 0 bridgehead atoms. The minimum Gasteiger partial charge on any atom is -0.497 e. The summed E-state index contributed by atoms with van der Waals surface area (Å²) in [5, 5.41) is 0. The maximum absolute atomic E-state index is 6.06. The Labute approximate surface area is 182 Å². The van der Waals surface area contributed by atoms with Gasteiger partial charge in [0.05, 0.1) is 14.2 Å². The van der Waals surface area contributed by atoms with Crippen LogP contribution in [0, 0.1) is 6.92 Å². The van der Waals surface area contributed by atoms with Gasteiger partial charge in [-0.05, 0) is 65.6 Å². The highest BCUT2D eigenvalue weighted by Gasteiger charge is 2.40. The molecule has 4 rings (SSSR count). The molecule has 0 saturated carbocycles. The van der Waals surface area contributed by atoms with Crippen LogP contribution in [-0.4, -0.2) is 26.8 Å². The summed E-state index contributed by atoms with van der Waals surface area (Å²) in [6, 6.07) is 21.9. The Hall–Kier alpha value is -3.67. The lowest BCUT2D eigenvalue weighted by atomic mass is 9.83. The van der Waals surface area contributed by atoms with E-state index in [0.29, 0.717) is 13.2 Å². The number of ether oxygens (including phenoxy) is 4. The fourth-order valence-electron chi connectivity index (χ4n) is 3.80. The Morgan fingerprint density at radius 1 is 0.935 bits per heavy atom. The third kappa shape index (κ3) is 4.14. The minimum atomic E-state index is -0.740. The average molecular weight is 418 g/mol. The Bertz CT molecular complexity index is 1110. The maximum Gasteiger partial charge on any atom is 0.283 e. The quantitative estimate of drug-likeness (QED) is 0.623. The van der Waals surface area contributed by atoms with Crippen molar-refractivity contribution < 1.29 is 18.9 Å². The van der Waals surface area contributed by atoms with E-state index in [1.165, 1.54) is 0 Å². The van der Waals surface area contributed by atoms with Crippen molar-refractivity contribution in [2.75, 3.05) is 20.8 Å². The highest BCUT2D eigenvalue weighted by atomic mass is 16.5. The second-order valence-corrected chi connectivity index (χ2v) is 7.45. The van der Waals surface area contributed by atoms with Gasteiger partial charge in [-0.15, -0.1) is 0 Å². The zero-order chi connectivity index (χ0) is 21.8. The molecule has 0 aliphatic carbocycles. The lowest BCUT2D eigenvalue weighted by Crippen LogP contribution is -2.27. The summed E-state index contributed by atoms with van der Waals surface area (Å²) in [6.45, 7) is 2.76. The van der Waals surface area contributed by atoms with Gasteiger partial charge in [0.15, 0.2) is 5.54 Å². The molecule has 6 heteroatoms. The van der Waals surface area contributed by atoms with Gasteiger partial charge < -0.3 is 24.7 Å². The fourth-order valence-corrected chi connectivity index (χ4v) is 3.80. The fraction of sp³-hybridized carbons (Fsp3) is 0.240. The van der Waals surface area contributed by atoms with Crippen LogP contribution in [0.15, 0.2) is 71.7 Å². The van der Waals surface area contributed by atoms with Crippen LogP contribution in [0.5, 0.6) is 17.2 Å². The van der Waals surface area contributed by atoms with E-state index < -0.39 is 5.54 Å². The van der Waals surface area contributed by atoms with E-state index in [0.717, 1.165) is 39.5 Å². The Morgan fingerprint density at radius 2 is 1.71 bits per heavy atom. The van der Waals surface area contributed by atoms with Crippen LogP contribution in [0.3, 0.4) is 0 Å². The third-order valence-corrected chi connectivity index (χ3v) is 5.45. The molecule has 1 atom stereocenters. The largest absolute Gasteiger partial charge is 0.497 e. The van der Waals surface area contributed by atoms with Gasteiger partial charge in [0.2, 0.25) is 0 Å². The highest BCUT2D eigenvalue weighted by molar-refractivity contribution is 5.75.